The van der Waals surface area contributed by atoms with Crippen LogP contribution in [0.25, 0.3) is 0 Å². The highest BCUT2D eigenvalue weighted by atomic mass is 15.3. The standard InChI is InChI=1S/C13H14N4/c1-10-7-12(17(2)16-10)9-15-13-6-4-3-5-11(13)8-14/h3-7,15H,9H2,1-2H3. The minimum Gasteiger partial charge on any atom is -0.378 e. The summed E-state index contributed by atoms with van der Waals surface area (Å²) < 4.78 is 1.84. The van der Waals surface area contributed by atoms with Crippen LogP contribution in [0, 0.1) is 18.3 Å². The molecule has 17 heavy (non-hydrogen) atoms. The molecule has 0 atom stereocenters. The molecule has 0 radical (unpaired) electrons. The van der Waals surface area contributed by atoms with E-state index in [0.29, 0.717) is 12.1 Å². The molecule has 1 heterocycles. The molecule has 1 aromatic carbocycles. The van der Waals surface area contributed by atoms with Gasteiger partial charge in [-0.15, -0.1) is 0 Å². The molecule has 0 saturated carbocycles. The Kier molecular flexibility index (Phi) is 3.10. The van der Waals surface area contributed by atoms with Crippen LogP contribution >= 0.6 is 0 Å². The van der Waals surface area contributed by atoms with Crippen LogP contribution in [0.5, 0.6) is 0 Å². The van der Waals surface area contributed by atoms with E-state index in [1.807, 2.05) is 42.9 Å². The molecule has 0 unspecified atom stereocenters. The number of hydrogen-bond donors (Lipinski definition) is 1. The molecule has 0 saturated heterocycles. The number of nitrogens with one attached hydrogen (secondary N) is 1. The Morgan fingerprint density at radius 1 is 1.41 bits per heavy atom. The van der Waals surface area contributed by atoms with Crippen LogP contribution in [-0.2, 0) is 13.6 Å². The van der Waals surface area contributed by atoms with Crippen molar-refractivity contribution < 1.29 is 0 Å². The average molecular weight is 226 g/mol. The molecule has 1 N–H and O–H groups in total. The summed E-state index contributed by atoms with van der Waals surface area (Å²) in [6, 6.07) is 11.7. The highest BCUT2D eigenvalue weighted by Crippen LogP contribution is 2.14. The molecule has 4 nitrogen and oxygen atoms in total. The smallest absolute Gasteiger partial charge is 0.101 e. The van der Waals surface area contributed by atoms with Crippen molar-refractivity contribution in [3.05, 3.63) is 47.3 Å². The van der Waals surface area contributed by atoms with Gasteiger partial charge < -0.3 is 5.32 Å². The minimum atomic E-state index is 0.659. The van der Waals surface area contributed by atoms with E-state index in [1.165, 1.54) is 0 Å². The van der Waals surface area contributed by atoms with Crippen LogP contribution in [-0.4, -0.2) is 9.78 Å². The summed E-state index contributed by atoms with van der Waals surface area (Å²) in [7, 11) is 1.92. The van der Waals surface area contributed by atoms with Gasteiger partial charge in [-0.2, -0.15) is 10.4 Å². The van der Waals surface area contributed by atoms with Crippen LogP contribution < -0.4 is 5.32 Å². The zero-order chi connectivity index (χ0) is 12.3. The maximum Gasteiger partial charge on any atom is 0.101 e. The van der Waals surface area contributed by atoms with E-state index in [9.17, 15) is 0 Å². The Hall–Kier alpha value is -2.28. The Balaban J connectivity index is 2.13. The van der Waals surface area contributed by atoms with Crippen molar-refractivity contribution in [3.63, 3.8) is 0 Å². The van der Waals surface area contributed by atoms with Crippen LogP contribution in [0.2, 0.25) is 0 Å². The predicted octanol–water partition coefficient (Wildman–Crippen LogP) is 2.21. The number of hydrogen-bond acceptors (Lipinski definition) is 3. The first kappa shape index (κ1) is 11.2. The number of anilines is 1. The van der Waals surface area contributed by atoms with Gasteiger partial charge in [0.1, 0.15) is 6.07 Å². The zero-order valence-corrected chi connectivity index (χ0v) is 9.94. The van der Waals surface area contributed by atoms with Crippen molar-refractivity contribution in [2.45, 2.75) is 13.5 Å². The Bertz CT molecular complexity index is 563. The van der Waals surface area contributed by atoms with Crippen LogP contribution in [0.3, 0.4) is 0 Å². The van der Waals surface area contributed by atoms with Gasteiger partial charge in [-0.05, 0) is 25.1 Å². The molecular formula is C13H14N4. The van der Waals surface area contributed by atoms with Crippen LogP contribution in [0.4, 0.5) is 5.69 Å². The Morgan fingerprint density at radius 3 is 2.82 bits per heavy atom. The SMILES string of the molecule is Cc1cc(CNc2ccccc2C#N)n(C)n1. The summed E-state index contributed by atoms with van der Waals surface area (Å²) >= 11 is 0. The van der Waals surface area contributed by atoms with Crippen LogP contribution in [0.15, 0.2) is 30.3 Å². The number of aryl methyl sites for hydroxylation is 2. The summed E-state index contributed by atoms with van der Waals surface area (Å²) in [5, 5.41) is 16.5. The third kappa shape index (κ3) is 2.45. The molecular weight excluding hydrogens is 212 g/mol. The van der Waals surface area contributed by atoms with Crippen molar-refractivity contribution in [1.29, 1.82) is 5.26 Å². The van der Waals surface area contributed by atoms with Crippen molar-refractivity contribution in [2.24, 2.45) is 7.05 Å². The van der Waals surface area contributed by atoms with Gasteiger partial charge in [0.15, 0.2) is 0 Å². The molecule has 0 amide bonds. The van der Waals surface area contributed by atoms with Gasteiger partial charge >= 0.3 is 0 Å². The molecule has 1 aromatic heterocycles. The molecule has 2 rings (SSSR count). The van der Waals surface area contributed by atoms with Gasteiger partial charge in [0.05, 0.1) is 29.2 Å². The second-order valence-corrected chi connectivity index (χ2v) is 3.91. The lowest BCUT2D eigenvalue weighted by molar-refractivity contribution is 0.713. The first-order valence-electron chi connectivity index (χ1n) is 5.43. The maximum absolute atomic E-state index is 8.97. The summed E-state index contributed by atoms with van der Waals surface area (Å²) in [6.07, 6.45) is 0. The topological polar surface area (TPSA) is 53.6 Å². The fourth-order valence-electron chi connectivity index (χ4n) is 1.75. The van der Waals surface area contributed by atoms with Gasteiger partial charge in [0.2, 0.25) is 0 Å². The quantitative estimate of drug-likeness (QED) is 0.873. The molecule has 4 heteroatoms. The fourth-order valence-corrected chi connectivity index (χ4v) is 1.75. The molecule has 0 fully saturated rings. The van der Waals surface area contributed by atoms with Crippen molar-refractivity contribution in [3.8, 4) is 6.07 Å². The number of para-hydroxylation sites is 1. The van der Waals surface area contributed by atoms with E-state index < -0.39 is 0 Å². The van der Waals surface area contributed by atoms with E-state index >= 15 is 0 Å². The summed E-state index contributed by atoms with van der Waals surface area (Å²) in [6.45, 7) is 2.63. The Labute approximate surface area is 100 Å². The third-order valence-corrected chi connectivity index (χ3v) is 2.61. The first-order chi connectivity index (χ1) is 8.20. The van der Waals surface area contributed by atoms with Crippen LogP contribution in [0.1, 0.15) is 17.0 Å². The van der Waals surface area contributed by atoms with Crippen molar-refractivity contribution in [2.75, 3.05) is 5.32 Å². The number of rotatable bonds is 3. The number of nitriles is 1. The summed E-state index contributed by atoms with van der Waals surface area (Å²) in [5.74, 6) is 0. The molecule has 0 aliphatic carbocycles. The molecule has 0 spiro atoms. The predicted molar refractivity (Wildman–Crippen MR) is 66.4 cm³/mol. The van der Waals surface area contributed by atoms with Gasteiger partial charge in [-0.25, -0.2) is 0 Å². The average Bonchev–Trinajstić information content (AvgIpc) is 2.65. The van der Waals surface area contributed by atoms with Gasteiger partial charge in [0, 0.05) is 7.05 Å². The first-order valence-corrected chi connectivity index (χ1v) is 5.43. The summed E-state index contributed by atoms with van der Waals surface area (Å²) in [5.41, 5.74) is 3.60. The minimum absolute atomic E-state index is 0.659. The van der Waals surface area contributed by atoms with Gasteiger partial charge in [-0.3, -0.25) is 4.68 Å². The summed E-state index contributed by atoms with van der Waals surface area (Å²) in [4.78, 5) is 0. The van der Waals surface area contributed by atoms with E-state index in [0.717, 1.165) is 17.1 Å². The number of nitrogens with zero attached hydrogens (tertiary/aromatic N) is 3. The van der Waals surface area contributed by atoms with E-state index in [2.05, 4.69) is 16.5 Å². The van der Waals surface area contributed by atoms with E-state index in [4.69, 9.17) is 5.26 Å². The molecule has 0 aliphatic rings. The molecule has 2 aromatic rings. The fraction of sp³-hybridized carbons (Fsp3) is 0.231. The molecule has 0 aliphatic heterocycles. The number of benzene rings is 1. The lowest BCUT2D eigenvalue weighted by Crippen LogP contribution is -2.06. The zero-order valence-electron chi connectivity index (χ0n) is 9.94. The molecule has 0 bridgehead atoms. The lowest BCUT2D eigenvalue weighted by Gasteiger charge is -2.07. The maximum atomic E-state index is 8.97. The second kappa shape index (κ2) is 4.71. The third-order valence-electron chi connectivity index (χ3n) is 2.61. The van der Waals surface area contributed by atoms with Crippen molar-refractivity contribution in [1.82, 2.24) is 9.78 Å². The highest BCUT2D eigenvalue weighted by Gasteiger charge is 2.03. The lowest BCUT2D eigenvalue weighted by atomic mass is 10.2. The highest BCUT2D eigenvalue weighted by molar-refractivity contribution is 5.57. The normalized spacial score (nSPS) is 9.94. The second-order valence-electron chi connectivity index (χ2n) is 3.91. The van der Waals surface area contributed by atoms with E-state index in [1.54, 1.807) is 6.07 Å². The monoisotopic (exact) mass is 226 g/mol. The van der Waals surface area contributed by atoms with E-state index in [-0.39, 0.29) is 0 Å². The van der Waals surface area contributed by atoms with Gasteiger partial charge in [-0.1, -0.05) is 12.1 Å². The largest absolute Gasteiger partial charge is 0.378 e. The molecule has 86 valence electrons. The number of aromatic nitrogens is 2. The van der Waals surface area contributed by atoms with Gasteiger partial charge in [0.25, 0.3) is 0 Å². The van der Waals surface area contributed by atoms with Crippen molar-refractivity contribution >= 4 is 5.69 Å². The Morgan fingerprint density at radius 2 is 2.18 bits per heavy atom.